The van der Waals surface area contributed by atoms with E-state index in [-0.39, 0.29) is 24.2 Å². The number of fused-ring (bicyclic) bond motifs is 2. The van der Waals surface area contributed by atoms with Crippen molar-refractivity contribution in [3.8, 4) is 0 Å². The second-order valence-corrected chi connectivity index (χ2v) is 7.91. The van der Waals surface area contributed by atoms with E-state index in [1.165, 1.54) is 6.07 Å². The third kappa shape index (κ3) is 3.08. The predicted octanol–water partition coefficient (Wildman–Crippen LogP) is 3.33. The molecule has 0 bridgehead atoms. The Balaban J connectivity index is 1.40. The van der Waals surface area contributed by atoms with Gasteiger partial charge in [-0.25, -0.2) is 4.39 Å². The molecule has 1 fully saturated rings. The van der Waals surface area contributed by atoms with Crippen LogP contribution in [0.1, 0.15) is 34.5 Å². The number of aryl methyl sites for hydroxylation is 1. The number of aromatic amines is 1. The van der Waals surface area contributed by atoms with Gasteiger partial charge in [-0.05, 0) is 43.5 Å². The maximum absolute atomic E-state index is 14.5. The van der Waals surface area contributed by atoms with Crippen molar-refractivity contribution in [2.24, 2.45) is 0 Å². The summed E-state index contributed by atoms with van der Waals surface area (Å²) in [6.07, 6.45) is 2.04. The minimum absolute atomic E-state index is 0.00964. The van der Waals surface area contributed by atoms with Crippen molar-refractivity contribution in [2.45, 2.75) is 26.3 Å². The van der Waals surface area contributed by atoms with Crippen LogP contribution in [0.2, 0.25) is 0 Å². The maximum atomic E-state index is 14.5. The first kappa shape index (κ1) is 18.6. The number of hydrogen-bond acceptors (Lipinski definition) is 4. The van der Waals surface area contributed by atoms with Gasteiger partial charge in [-0.15, -0.1) is 0 Å². The fourth-order valence-electron chi connectivity index (χ4n) is 4.36. The zero-order valence-electron chi connectivity index (χ0n) is 16.7. The summed E-state index contributed by atoms with van der Waals surface area (Å²) in [5.41, 5.74) is 3.69. The lowest BCUT2D eigenvalue weighted by atomic mass is 10.1. The van der Waals surface area contributed by atoms with E-state index in [0.717, 1.165) is 31.5 Å². The van der Waals surface area contributed by atoms with Gasteiger partial charge in [0.05, 0.1) is 22.2 Å². The molecule has 3 aromatic rings. The second-order valence-electron chi connectivity index (χ2n) is 7.91. The number of likely N-dealkylation sites (tertiary alicyclic amines) is 1. The Morgan fingerprint density at radius 3 is 2.87 bits per heavy atom. The minimum atomic E-state index is -0.377. The zero-order chi connectivity index (χ0) is 20.8. The van der Waals surface area contributed by atoms with Gasteiger partial charge in [-0.1, -0.05) is 12.1 Å². The standard InChI is InChI=1S/C22H22FN5O2/c1-13-20-16(23)9-15(10-18(20)26-25-13)24-17-6-4-5-14-11-28(22(30)21(14)17)12-19(29)27-7-2-3-8-27/h4-6,9-10,24H,2-3,7-8,11-12H2,1H3,(H,25,26). The molecule has 0 saturated carbocycles. The summed E-state index contributed by atoms with van der Waals surface area (Å²) in [5, 5.41) is 10.5. The van der Waals surface area contributed by atoms with Gasteiger partial charge < -0.3 is 15.1 Å². The number of benzene rings is 2. The number of H-pyrrole nitrogens is 1. The monoisotopic (exact) mass is 407 g/mol. The second kappa shape index (κ2) is 7.12. The Morgan fingerprint density at radius 2 is 2.07 bits per heavy atom. The van der Waals surface area contributed by atoms with Crippen molar-refractivity contribution in [3.63, 3.8) is 0 Å². The van der Waals surface area contributed by atoms with Crippen molar-refractivity contribution in [2.75, 3.05) is 25.0 Å². The van der Waals surface area contributed by atoms with Crippen LogP contribution in [0.5, 0.6) is 0 Å². The summed E-state index contributed by atoms with van der Waals surface area (Å²) in [7, 11) is 0. The number of carbonyl (C=O) groups is 2. The van der Waals surface area contributed by atoms with Crippen LogP contribution in [0.15, 0.2) is 30.3 Å². The molecule has 2 aliphatic rings. The molecule has 7 nitrogen and oxygen atoms in total. The lowest BCUT2D eigenvalue weighted by Gasteiger charge is -2.20. The molecule has 0 aliphatic carbocycles. The van der Waals surface area contributed by atoms with E-state index in [0.29, 0.717) is 40.1 Å². The summed E-state index contributed by atoms with van der Waals surface area (Å²) in [5.74, 6) is -0.569. The molecule has 2 aromatic carbocycles. The van der Waals surface area contributed by atoms with Gasteiger partial charge in [0.2, 0.25) is 5.91 Å². The lowest BCUT2D eigenvalue weighted by molar-refractivity contribution is -0.130. The van der Waals surface area contributed by atoms with E-state index < -0.39 is 0 Å². The number of nitrogens with one attached hydrogen (secondary N) is 2. The molecule has 30 heavy (non-hydrogen) atoms. The molecular formula is C22H22FN5O2. The molecule has 154 valence electrons. The van der Waals surface area contributed by atoms with Gasteiger partial charge in [0, 0.05) is 31.0 Å². The number of nitrogens with zero attached hydrogens (tertiary/aromatic N) is 3. The van der Waals surface area contributed by atoms with Crippen molar-refractivity contribution < 1.29 is 14.0 Å². The molecule has 0 unspecified atom stereocenters. The van der Waals surface area contributed by atoms with Crippen molar-refractivity contribution in [1.29, 1.82) is 0 Å². The third-order valence-electron chi connectivity index (χ3n) is 5.87. The zero-order valence-corrected chi connectivity index (χ0v) is 16.7. The Hall–Kier alpha value is -3.42. The van der Waals surface area contributed by atoms with Crippen LogP contribution in [0.4, 0.5) is 15.8 Å². The highest BCUT2D eigenvalue weighted by Crippen LogP contribution is 2.33. The Bertz CT molecular complexity index is 1170. The van der Waals surface area contributed by atoms with E-state index in [4.69, 9.17) is 0 Å². The van der Waals surface area contributed by atoms with Crippen LogP contribution in [-0.2, 0) is 11.3 Å². The molecule has 3 heterocycles. The molecule has 0 radical (unpaired) electrons. The summed E-state index contributed by atoms with van der Waals surface area (Å²) in [6.45, 7) is 3.78. The number of rotatable bonds is 4. The van der Waals surface area contributed by atoms with Crippen LogP contribution in [0.3, 0.4) is 0 Å². The summed E-state index contributed by atoms with van der Waals surface area (Å²) < 4.78 is 14.5. The highest BCUT2D eigenvalue weighted by molar-refractivity contribution is 6.05. The van der Waals surface area contributed by atoms with Crippen molar-refractivity contribution in [3.05, 3.63) is 53.0 Å². The molecule has 2 aliphatic heterocycles. The van der Waals surface area contributed by atoms with E-state index in [9.17, 15) is 14.0 Å². The third-order valence-corrected chi connectivity index (χ3v) is 5.87. The summed E-state index contributed by atoms with van der Waals surface area (Å²) >= 11 is 0. The molecule has 0 spiro atoms. The number of anilines is 2. The van der Waals surface area contributed by atoms with Gasteiger partial charge in [0.25, 0.3) is 5.91 Å². The van der Waals surface area contributed by atoms with Crippen LogP contribution < -0.4 is 5.32 Å². The molecule has 1 aromatic heterocycles. The number of hydrogen-bond donors (Lipinski definition) is 2. The van der Waals surface area contributed by atoms with Crippen LogP contribution >= 0.6 is 0 Å². The van der Waals surface area contributed by atoms with E-state index >= 15 is 0 Å². The Kier molecular flexibility index (Phi) is 4.42. The topological polar surface area (TPSA) is 81.3 Å². The highest BCUT2D eigenvalue weighted by Gasteiger charge is 2.32. The maximum Gasteiger partial charge on any atom is 0.257 e. The normalized spacial score (nSPS) is 15.9. The SMILES string of the molecule is Cc1[nH]nc2cc(Nc3cccc4c3C(=O)N(CC(=O)N3CCCC3)C4)cc(F)c12. The lowest BCUT2D eigenvalue weighted by Crippen LogP contribution is -2.39. The number of carbonyl (C=O) groups excluding carboxylic acids is 2. The van der Waals surface area contributed by atoms with Gasteiger partial charge in [-0.2, -0.15) is 5.10 Å². The Labute approximate surface area is 172 Å². The average molecular weight is 407 g/mol. The predicted molar refractivity (Wildman–Crippen MR) is 111 cm³/mol. The van der Waals surface area contributed by atoms with Gasteiger partial charge in [0.15, 0.2) is 0 Å². The summed E-state index contributed by atoms with van der Waals surface area (Å²) in [6, 6.07) is 8.68. The van der Waals surface area contributed by atoms with Crippen molar-refractivity contribution >= 4 is 34.1 Å². The molecule has 8 heteroatoms. The first-order valence-electron chi connectivity index (χ1n) is 10.1. The molecule has 0 atom stereocenters. The van der Waals surface area contributed by atoms with Gasteiger partial charge in [0.1, 0.15) is 12.4 Å². The summed E-state index contributed by atoms with van der Waals surface area (Å²) in [4.78, 5) is 29.0. The smallest absolute Gasteiger partial charge is 0.257 e. The molecule has 2 N–H and O–H groups in total. The fraction of sp³-hybridized carbons (Fsp3) is 0.318. The van der Waals surface area contributed by atoms with Gasteiger partial charge in [-0.3, -0.25) is 14.7 Å². The van der Waals surface area contributed by atoms with Crippen LogP contribution in [0.25, 0.3) is 10.9 Å². The fourth-order valence-corrected chi connectivity index (χ4v) is 4.36. The van der Waals surface area contributed by atoms with Crippen molar-refractivity contribution in [1.82, 2.24) is 20.0 Å². The van der Waals surface area contributed by atoms with E-state index in [1.807, 2.05) is 17.0 Å². The molecular weight excluding hydrogens is 385 g/mol. The average Bonchev–Trinajstić information content (AvgIpc) is 3.43. The number of amides is 2. The van der Waals surface area contributed by atoms with E-state index in [1.54, 1.807) is 24.0 Å². The number of halogens is 1. The quantitative estimate of drug-likeness (QED) is 0.695. The minimum Gasteiger partial charge on any atom is -0.355 e. The highest BCUT2D eigenvalue weighted by atomic mass is 19.1. The molecule has 1 saturated heterocycles. The van der Waals surface area contributed by atoms with Crippen LogP contribution in [-0.4, -0.2) is 51.4 Å². The molecule has 2 amide bonds. The first-order valence-corrected chi connectivity index (χ1v) is 10.1. The van der Waals surface area contributed by atoms with Crippen LogP contribution in [0, 0.1) is 12.7 Å². The largest absolute Gasteiger partial charge is 0.355 e. The van der Waals surface area contributed by atoms with Gasteiger partial charge >= 0.3 is 0 Å². The Morgan fingerprint density at radius 1 is 1.27 bits per heavy atom. The number of aromatic nitrogens is 2. The first-order chi connectivity index (χ1) is 14.5. The van der Waals surface area contributed by atoms with E-state index in [2.05, 4.69) is 15.5 Å². The molecule has 5 rings (SSSR count).